The number of aromatic nitrogens is 2. The van der Waals surface area contributed by atoms with Crippen molar-refractivity contribution in [3.8, 4) is 23.1 Å². The maximum absolute atomic E-state index is 10.8. The van der Waals surface area contributed by atoms with Crippen molar-refractivity contribution >= 4 is 0 Å². The van der Waals surface area contributed by atoms with Crippen LogP contribution in [0.15, 0.2) is 54.6 Å². The van der Waals surface area contributed by atoms with Crippen LogP contribution in [0.2, 0.25) is 0 Å². The highest BCUT2D eigenvalue weighted by Crippen LogP contribution is 2.33. The number of nitrogens with zero attached hydrogens (tertiary/aromatic N) is 3. The van der Waals surface area contributed by atoms with Crippen LogP contribution in [-0.4, -0.2) is 57.8 Å². The molecule has 0 spiro atoms. The Morgan fingerprint density at radius 2 is 1.75 bits per heavy atom. The Hall–Kier alpha value is -2.87. The van der Waals surface area contributed by atoms with Crippen LogP contribution in [-0.2, 0) is 11.3 Å². The molecule has 2 atom stereocenters. The van der Waals surface area contributed by atoms with Crippen LogP contribution in [0.3, 0.4) is 0 Å². The molecule has 1 N–H and O–H groups in total. The van der Waals surface area contributed by atoms with E-state index in [2.05, 4.69) is 18.7 Å². The van der Waals surface area contributed by atoms with Crippen LogP contribution in [0.5, 0.6) is 17.4 Å². The van der Waals surface area contributed by atoms with Gasteiger partial charge in [0.05, 0.1) is 42.4 Å². The van der Waals surface area contributed by atoms with Gasteiger partial charge in [-0.15, -0.1) is 0 Å². The molecule has 1 heterocycles. The van der Waals surface area contributed by atoms with Crippen LogP contribution in [0.1, 0.15) is 52.3 Å². The molecule has 0 amide bonds. The van der Waals surface area contributed by atoms with Gasteiger partial charge in [0.2, 0.25) is 5.88 Å². The van der Waals surface area contributed by atoms with E-state index in [1.807, 2.05) is 87.0 Å². The number of hydrogen-bond acceptors (Lipinski definition) is 6. The van der Waals surface area contributed by atoms with Gasteiger partial charge in [-0.3, -0.25) is 4.90 Å². The monoisotopic (exact) mass is 495 g/mol. The van der Waals surface area contributed by atoms with Crippen molar-refractivity contribution in [1.82, 2.24) is 14.7 Å². The van der Waals surface area contributed by atoms with Gasteiger partial charge in [-0.05, 0) is 65.3 Å². The number of para-hydroxylation sites is 1. The molecule has 1 aromatic heterocycles. The molecule has 2 aromatic carbocycles. The number of aliphatic hydroxyl groups excluding tert-OH is 1. The highest BCUT2D eigenvalue weighted by Gasteiger charge is 2.25. The van der Waals surface area contributed by atoms with E-state index in [1.165, 1.54) is 0 Å². The minimum Gasteiger partial charge on any atom is -0.497 e. The summed E-state index contributed by atoms with van der Waals surface area (Å²) in [6.45, 7) is 13.7. The van der Waals surface area contributed by atoms with Crippen LogP contribution in [0.25, 0.3) is 5.69 Å². The summed E-state index contributed by atoms with van der Waals surface area (Å²) in [6.07, 6.45) is 0.343. The topological polar surface area (TPSA) is 69.0 Å². The zero-order valence-corrected chi connectivity index (χ0v) is 22.7. The third kappa shape index (κ3) is 7.56. The van der Waals surface area contributed by atoms with Crippen molar-refractivity contribution in [1.29, 1.82) is 0 Å². The summed E-state index contributed by atoms with van der Waals surface area (Å²) in [5, 5.41) is 15.6. The molecule has 0 saturated heterocycles. The first-order valence-electron chi connectivity index (χ1n) is 12.6. The molecule has 7 heteroatoms. The zero-order valence-electron chi connectivity index (χ0n) is 22.7. The van der Waals surface area contributed by atoms with E-state index in [0.717, 1.165) is 29.1 Å². The first-order chi connectivity index (χ1) is 17.1. The molecule has 36 heavy (non-hydrogen) atoms. The Morgan fingerprint density at radius 3 is 2.39 bits per heavy atom. The Balaban J connectivity index is 1.96. The molecule has 0 radical (unpaired) electrons. The first-order valence-corrected chi connectivity index (χ1v) is 12.6. The number of aliphatic hydroxyl groups is 1. The highest BCUT2D eigenvalue weighted by atomic mass is 16.5. The molecule has 0 saturated carbocycles. The van der Waals surface area contributed by atoms with E-state index in [-0.39, 0.29) is 18.2 Å². The molecular weight excluding hydrogens is 454 g/mol. The van der Waals surface area contributed by atoms with E-state index >= 15 is 0 Å². The van der Waals surface area contributed by atoms with Crippen LogP contribution in [0.4, 0.5) is 0 Å². The molecule has 196 valence electrons. The van der Waals surface area contributed by atoms with Gasteiger partial charge in [0.25, 0.3) is 0 Å². The summed E-state index contributed by atoms with van der Waals surface area (Å²) in [7, 11) is 1.64. The summed E-state index contributed by atoms with van der Waals surface area (Å²) < 4.78 is 19.6. The third-order valence-corrected chi connectivity index (χ3v) is 6.12. The lowest BCUT2D eigenvalue weighted by Gasteiger charge is -2.31. The van der Waals surface area contributed by atoms with Crippen molar-refractivity contribution in [2.45, 2.75) is 72.3 Å². The van der Waals surface area contributed by atoms with Gasteiger partial charge in [-0.25, -0.2) is 4.68 Å². The lowest BCUT2D eigenvalue weighted by molar-refractivity contribution is -0.0593. The maximum atomic E-state index is 10.8. The third-order valence-electron chi connectivity index (χ3n) is 6.12. The average molecular weight is 496 g/mol. The van der Waals surface area contributed by atoms with E-state index in [4.69, 9.17) is 19.3 Å². The molecule has 0 aliphatic rings. The first kappa shape index (κ1) is 27.7. The Bertz CT molecular complexity index is 1090. The summed E-state index contributed by atoms with van der Waals surface area (Å²) in [5.41, 5.74) is 2.47. The average Bonchev–Trinajstić information content (AvgIpc) is 3.16. The normalized spacial score (nSPS) is 13.6. The van der Waals surface area contributed by atoms with Crippen LogP contribution in [0, 0.1) is 6.92 Å². The van der Waals surface area contributed by atoms with Crippen molar-refractivity contribution in [3.05, 3.63) is 65.9 Å². The van der Waals surface area contributed by atoms with E-state index in [9.17, 15) is 5.11 Å². The van der Waals surface area contributed by atoms with Gasteiger partial charge in [0.15, 0.2) is 0 Å². The number of ether oxygens (including phenoxy) is 3. The largest absolute Gasteiger partial charge is 0.497 e. The SMILES string of the molecule is CC[C@H](C)N(Cc1c(C)nn(-c2ccccc2)c1Oc1cccc(OC)c1)C[C@H](O)COC(C)(C)C. The molecule has 7 nitrogen and oxygen atoms in total. The second kappa shape index (κ2) is 12.4. The van der Waals surface area contributed by atoms with E-state index < -0.39 is 6.10 Å². The smallest absolute Gasteiger partial charge is 0.227 e. The summed E-state index contributed by atoms with van der Waals surface area (Å²) in [5.74, 6) is 2.04. The van der Waals surface area contributed by atoms with Gasteiger partial charge in [-0.1, -0.05) is 31.2 Å². The van der Waals surface area contributed by atoms with Gasteiger partial charge in [0, 0.05) is 25.2 Å². The van der Waals surface area contributed by atoms with Gasteiger partial charge >= 0.3 is 0 Å². The van der Waals surface area contributed by atoms with Gasteiger partial charge < -0.3 is 19.3 Å². The molecule has 0 aliphatic carbocycles. The minimum atomic E-state index is -0.606. The highest BCUT2D eigenvalue weighted by molar-refractivity contribution is 5.44. The van der Waals surface area contributed by atoms with Crippen LogP contribution < -0.4 is 9.47 Å². The van der Waals surface area contributed by atoms with Crippen molar-refractivity contribution in [2.75, 3.05) is 20.3 Å². The fourth-order valence-electron chi connectivity index (χ4n) is 3.88. The molecule has 3 aromatic rings. The van der Waals surface area contributed by atoms with Crippen molar-refractivity contribution in [3.63, 3.8) is 0 Å². The number of rotatable bonds is 12. The predicted octanol–water partition coefficient (Wildman–Crippen LogP) is 5.76. The fourth-order valence-corrected chi connectivity index (χ4v) is 3.88. The van der Waals surface area contributed by atoms with Crippen molar-refractivity contribution < 1.29 is 19.3 Å². The Labute approximate surface area is 215 Å². The second-order valence-electron chi connectivity index (χ2n) is 10.2. The summed E-state index contributed by atoms with van der Waals surface area (Å²) in [6, 6.07) is 17.8. The predicted molar refractivity (Wildman–Crippen MR) is 143 cm³/mol. The zero-order chi connectivity index (χ0) is 26.3. The fraction of sp³-hybridized carbons (Fsp3) is 0.483. The maximum Gasteiger partial charge on any atom is 0.227 e. The number of hydrogen-bond donors (Lipinski definition) is 1. The molecule has 3 rings (SSSR count). The quantitative estimate of drug-likeness (QED) is 0.345. The van der Waals surface area contributed by atoms with Crippen LogP contribution >= 0.6 is 0 Å². The lowest BCUT2D eigenvalue weighted by atomic mass is 10.1. The minimum absolute atomic E-state index is 0.249. The standard InChI is InChI=1S/C29H41N3O4/c1-8-21(2)31(18-24(33)20-35-29(4,5)6)19-27-22(3)30-32(23-13-10-9-11-14-23)28(27)36-26-16-12-15-25(17-26)34-7/h9-17,21,24,33H,8,18-20H2,1-7H3/t21-,24-/m0/s1. The number of benzene rings is 2. The Morgan fingerprint density at radius 1 is 1.06 bits per heavy atom. The van der Waals surface area contributed by atoms with Gasteiger partial charge in [0.1, 0.15) is 11.5 Å². The number of methoxy groups -OCH3 is 1. The lowest BCUT2D eigenvalue weighted by Crippen LogP contribution is -2.41. The molecule has 0 aliphatic heterocycles. The van der Waals surface area contributed by atoms with E-state index in [0.29, 0.717) is 24.7 Å². The van der Waals surface area contributed by atoms with Gasteiger partial charge in [-0.2, -0.15) is 5.10 Å². The summed E-state index contributed by atoms with van der Waals surface area (Å²) >= 11 is 0. The molecular formula is C29H41N3O4. The summed E-state index contributed by atoms with van der Waals surface area (Å²) in [4.78, 5) is 2.27. The molecule has 0 unspecified atom stereocenters. The van der Waals surface area contributed by atoms with Crippen molar-refractivity contribution in [2.24, 2.45) is 0 Å². The number of aryl methyl sites for hydroxylation is 1. The second-order valence-corrected chi connectivity index (χ2v) is 10.2. The van der Waals surface area contributed by atoms with E-state index in [1.54, 1.807) is 7.11 Å². The molecule has 0 bridgehead atoms. The molecule has 0 fully saturated rings. The Kier molecular flexibility index (Phi) is 9.54.